The van der Waals surface area contributed by atoms with Crippen molar-refractivity contribution in [1.29, 1.82) is 0 Å². The summed E-state index contributed by atoms with van der Waals surface area (Å²) >= 11 is 0. The molecule has 1 aliphatic carbocycles. The Morgan fingerprint density at radius 2 is 2.12 bits per heavy atom. The molecule has 2 aromatic rings. The van der Waals surface area contributed by atoms with Gasteiger partial charge in [0.05, 0.1) is 0 Å². The lowest BCUT2D eigenvalue weighted by Crippen LogP contribution is -2.25. The van der Waals surface area contributed by atoms with Gasteiger partial charge in [0, 0.05) is 29.1 Å². The molecule has 1 heterocycles. The van der Waals surface area contributed by atoms with E-state index >= 15 is 0 Å². The van der Waals surface area contributed by atoms with E-state index in [-0.39, 0.29) is 5.41 Å². The van der Waals surface area contributed by atoms with Gasteiger partial charge in [0.15, 0.2) is 0 Å². The second-order valence-electron chi connectivity index (χ2n) is 5.50. The predicted octanol–water partition coefficient (Wildman–Crippen LogP) is 3.81. The molecule has 17 heavy (non-hydrogen) atoms. The number of aryl methyl sites for hydroxylation is 1. The van der Waals surface area contributed by atoms with Crippen molar-refractivity contribution < 1.29 is 0 Å². The van der Waals surface area contributed by atoms with Crippen LogP contribution in [0.5, 0.6) is 0 Å². The van der Waals surface area contributed by atoms with Crippen LogP contribution in [0.25, 0.3) is 10.9 Å². The smallest absolute Gasteiger partial charge is 0.0483 e. The highest BCUT2D eigenvalue weighted by Crippen LogP contribution is 2.47. The van der Waals surface area contributed by atoms with Crippen molar-refractivity contribution in [2.24, 2.45) is 13.0 Å². The Balaban J connectivity index is 2.42. The van der Waals surface area contributed by atoms with Crippen LogP contribution in [0.3, 0.4) is 0 Å². The van der Waals surface area contributed by atoms with Crippen LogP contribution < -0.4 is 0 Å². The van der Waals surface area contributed by atoms with Crippen LogP contribution in [-0.4, -0.2) is 4.57 Å². The van der Waals surface area contributed by atoms with Crippen LogP contribution >= 0.6 is 0 Å². The van der Waals surface area contributed by atoms with Gasteiger partial charge < -0.3 is 4.57 Å². The number of hydrogen-bond donors (Lipinski definition) is 0. The van der Waals surface area contributed by atoms with Crippen molar-refractivity contribution in [3.8, 4) is 0 Å². The number of rotatable bonds is 1. The van der Waals surface area contributed by atoms with Crippen molar-refractivity contribution in [1.82, 2.24) is 4.57 Å². The van der Waals surface area contributed by atoms with Crippen LogP contribution in [-0.2, 0) is 18.9 Å². The zero-order chi connectivity index (χ0) is 12.2. The monoisotopic (exact) mass is 225 g/mol. The maximum atomic E-state index is 4.06. The minimum atomic E-state index is 0.114. The first-order valence-corrected chi connectivity index (χ1v) is 6.30. The summed E-state index contributed by atoms with van der Waals surface area (Å²) in [6.07, 6.45) is 3.29. The zero-order valence-electron chi connectivity index (χ0n) is 10.8. The third kappa shape index (κ3) is 1.14. The Labute approximate surface area is 103 Å². The second-order valence-corrected chi connectivity index (χ2v) is 5.50. The maximum absolute atomic E-state index is 4.06. The van der Waals surface area contributed by atoms with Crippen LogP contribution in [0.15, 0.2) is 36.9 Å². The molecule has 2 unspecified atom stereocenters. The topological polar surface area (TPSA) is 4.93 Å². The maximum Gasteiger partial charge on any atom is 0.0483 e. The molecule has 0 aliphatic heterocycles. The molecule has 0 saturated carbocycles. The van der Waals surface area contributed by atoms with E-state index in [2.05, 4.69) is 62.4 Å². The Morgan fingerprint density at radius 3 is 2.82 bits per heavy atom. The minimum absolute atomic E-state index is 0.114. The summed E-state index contributed by atoms with van der Waals surface area (Å²) in [4.78, 5) is 0. The van der Waals surface area contributed by atoms with Crippen molar-refractivity contribution in [2.45, 2.75) is 25.7 Å². The van der Waals surface area contributed by atoms with E-state index in [9.17, 15) is 0 Å². The molecule has 3 rings (SSSR count). The number of nitrogens with zero attached hydrogens (tertiary/aromatic N) is 1. The number of hydrogen-bond acceptors (Lipinski definition) is 0. The number of allylic oxidation sites excluding steroid dienone is 1. The molecule has 2 atom stereocenters. The summed E-state index contributed by atoms with van der Waals surface area (Å²) in [6.45, 7) is 8.71. The molecule has 1 heteroatoms. The molecule has 0 saturated heterocycles. The fraction of sp³-hybridized carbons (Fsp3) is 0.375. The van der Waals surface area contributed by atoms with Crippen LogP contribution in [0, 0.1) is 5.92 Å². The Hall–Kier alpha value is -1.50. The average Bonchev–Trinajstić information content (AvgIpc) is 2.77. The van der Waals surface area contributed by atoms with E-state index in [0.717, 1.165) is 0 Å². The van der Waals surface area contributed by atoms with E-state index in [0.29, 0.717) is 5.92 Å². The van der Waals surface area contributed by atoms with Crippen molar-refractivity contribution >= 4 is 10.9 Å². The highest BCUT2D eigenvalue weighted by molar-refractivity contribution is 5.87. The number of para-hydroxylation sites is 1. The predicted molar refractivity (Wildman–Crippen MR) is 73.3 cm³/mol. The summed E-state index contributed by atoms with van der Waals surface area (Å²) in [6, 6.07) is 8.71. The fourth-order valence-corrected chi connectivity index (χ4v) is 3.41. The Kier molecular flexibility index (Phi) is 2.04. The largest absolute Gasteiger partial charge is 0.347 e. The highest BCUT2D eigenvalue weighted by atomic mass is 15.0. The third-order valence-corrected chi connectivity index (χ3v) is 4.68. The molecular formula is C16H19N. The van der Waals surface area contributed by atoms with Gasteiger partial charge in [-0.15, -0.1) is 6.58 Å². The van der Waals surface area contributed by atoms with E-state index in [4.69, 9.17) is 0 Å². The SMILES string of the molecule is C=CC1(C)c2c(c3ccccc3n2C)CC1C. The van der Waals surface area contributed by atoms with Crippen molar-refractivity contribution in [3.05, 3.63) is 48.2 Å². The first kappa shape index (κ1) is 10.6. The van der Waals surface area contributed by atoms with Crippen molar-refractivity contribution in [2.75, 3.05) is 0 Å². The molecule has 0 amide bonds. The summed E-state index contributed by atoms with van der Waals surface area (Å²) < 4.78 is 2.36. The molecular weight excluding hydrogens is 206 g/mol. The highest BCUT2D eigenvalue weighted by Gasteiger charge is 2.41. The summed E-state index contributed by atoms with van der Waals surface area (Å²) in [5.74, 6) is 0.640. The molecule has 0 bridgehead atoms. The molecule has 1 aliphatic rings. The molecule has 0 N–H and O–H groups in total. The quantitative estimate of drug-likeness (QED) is 0.650. The minimum Gasteiger partial charge on any atom is -0.347 e. The molecule has 1 aromatic carbocycles. The van der Waals surface area contributed by atoms with Crippen LogP contribution in [0.4, 0.5) is 0 Å². The third-order valence-electron chi connectivity index (χ3n) is 4.68. The number of fused-ring (bicyclic) bond motifs is 3. The van der Waals surface area contributed by atoms with Crippen LogP contribution in [0.2, 0.25) is 0 Å². The van der Waals surface area contributed by atoms with E-state index in [1.807, 2.05) is 0 Å². The van der Waals surface area contributed by atoms with Gasteiger partial charge in [-0.1, -0.05) is 38.1 Å². The lowest BCUT2D eigenvalue weighted by molar-refractivity contribution is 0.410. The van der Waals surface area contributed by atoms with Gasteiger partial charge in [-0.05, 0) is 24.0 Å². The summed E-state index contributed by atoms with van der Waals surface area (Å²) in [5, 5.41) is 1.42. The van der Waals surface area contributed by atoms with Gasteiger partial charge in [-0.25, -0.2) is 0 Å². The van der Waals surface area contributed by atoms with Gasteiger partial charge in [-0.2, -0.15) is 0 Å². The summed E-state index contributed by atoms with van der Waals surface area (Å²) in [5.41, 5.74) is 4.44. The molecule has 0 radical (unpaired) electrons. The second kappa shape index (κ2) is 3.25. The lowest BCUT2D eigenvalue weighted by Gasteiger charge is -2.27. The summed E-state index contributed by atoms with van der Waals surface area (Å²) in [7, 11) is 2.18. The average molecular weight is 225 g/mol. The van der Waals surface area contributed by atoms with Gasteiger partial charge in [0.2, 0.25) is 0 Å². The zero-order valence-corrected chi connectivity index (χ0v) is 10.8. The lowest BCUT2D eigenvalue weighted by atomic mass is 9.80. The number of benzene rings is 1. The van der Waals surface area contributed by atoms with Gasteiger partial charge in [-0.3, -0.25) is 0 Å². The van der Waals surface area contributed by atoms with Gasteiger partial charge >= 0.3 is 0 Å². The van der Waals surface area contributed by atoms with Crippen molar-refractivity contribution in [3.63, 3.8) is 0 Å². The Bertz CT molecular complexity index is 605. The Morgan fingerprint density at radius 1 is 1.41 bits per heavy atom. The fourth-order valence-electron chi connectivity index (χ4n) is 3.41. The molecule has 0 fully saturated rings. The van der Waals surface area contributed by atoms with Gasteiger partial charge in [0.25, 0.3) is 0 Å². The number of aromatic nitrogens is 1. The van der Waals surface area contributed by atoms with E-state index < -0.39 is 0 Å². The molecule has 0 spiro atoms. The normalized spacial score (nSPS) is 27.4. The first-order chi connectivity index (χ1) is 8.09. The van der Waals surface area contributed by atoms with Gasteiger partial charge in [0.1, 0.15) is 0 Å². The molecule has 1 aromatic heterocycles. The molecule has 88 valence electrons. The van der Waals surface area contributed by atoms with Crippen LogP contribution in [0.1, 0.15) is 25.1 Å². The standard InChI is InChI=1S/C16H19N/c1-5-16(3)11(2)10-13-12-8-6-7-9-14(12)17(4)15(13)16/h5-9,11H,1,10H2,2-4H3. The molecule has 1 nitrogen and oxygen atoms in total. The van der Waals surface area contributed by atoms with E-state index in [1.165, 1.54) is 28.6 Å². The first-order valence-electron chi connectivity index (χ1n) is 6.30. The van der Waals surface area contributed by atoms with E-state index in [1.54, 1.807) is 0 Å².